The molecular formula is C7H18N2O3S. The van der Waals surface area contributed by atoms with Gasteiger partial charge in [-0.1, -0.05) is 0 Å². The Morgan fingerprint density at radius 1 is 1.46 bits per heavy atom. The van der Waals surface area contributed by atoms with Crippen molar-refractivity contribution < 1.29 is 13.5 Å². The summed E-state index contributed by atoms with van der Waals surface area (Å²) in [6.45, 7) is 2.03. The summed E-state index contributed by atoms with van der Waals surface area (Å²) < 4.78 is 23.7. The molecule has 0 saturated carbocycles. The Balaban J connectivity index is 4.04. The number of sulfonamides is 1. The predicted molar refractivity (Wildman–Crippen MR) is 52.0 cm³/mol. The summed E-state index contributed by atoms with van der Waals surface area (Å²) in [7, 11) is 0.407. The van der Waals surface area contributed by atoms with Gasteiger partial charge in [0.2, 0.25) is 10.0 Å². The first-order chi connectivity index (χ1) is 5.62. The average molecular weight is 210 g/mol. The number of rotatable bonds is 5. The lowest BCUT2D eigenvalue weighted by Gasteiger charge is -2.26. The zero-order valence-electron chi connectivity index (χ0n) is 8.53. The Morgan fingerprint density at radius 3 is 2.23 bits per heavy atom. The lowest BCUT2D eigenvalue weighted by Crippen LogP contribution is -2.46. The van der Waals surface area contributed by atoms with Gasteiger partial charge in [0, 0.05) is 13.1 Å². The van der Waals surface area contributed by atoms with E-state index in [0.29, 0.717) is 6.54 Å². The second-order valence-corrected chi connectivity index (χ2v) is 5.66. The maximum atomic E-state index is 10.7. The number of nitrogens with one attached hydrogen (secondary N) is 1. The molecule has 6 heteroatoms. The van der Waals surface area contributed by atoms with E-state index in [-0.39, 0.29) is 6.54 Å². The molecule has 0 aromatic heterocycles. The van der Waals surface area contributed by atoms with Gasteiger partial charge in [-0.3, -0.25) is 0 Å². The first-order valence-electron chi connectivity index (χ1n) is 3.94. The van der Waals surface area contributed by atoms with Gasteiger partial charge in [0.15, 0.2) is 0 Å². The molecule has 0 aliphatic carbocycles. The van der Waals surface area contributed by atoms with Gasteiger partial charge in [0.25, 0.3) is 0 Å². The number of aliphatic hydroxyl groups is 1. The SMILES string of the molecule is CN(C)CC(C)(O)CNS(C)(=O)=O. The minimum atomic E-state index is -3.22. The van der Waals surface area contributed by atoms with Crippen LogP contribution in [-0.2, 0) is 10.0 Å². The molecular weight excluding hydrogens is 192 g/mol. The van der Waals surface area contributed by atoms with Crippen LogP contribution in [0, 0.1) is 0 Å². The summed E-state index contributed by atoms with van der Waals surface area (Å²) in [6.07, 6.45) is 1.07. The summed E-state index contributed by atoms with van der Waals surface area (Å²) in [5.41, 5.74) is -1.04. The molecule has 1 atom stereocenters. The molecule has 0 radical (unpaired) electrons. The highest BCUT2D eigenvalue weighted by Crippen LogP contribution is 2.02. The predicted octanol–water partition coefficient (Wildman–Crippen LogP) is -1.15. The molecule has 0 heterocycles. The molecule has 1 unspecified atom stereocenters. The average Bonchev–Trinajstić information content (AvgIpc) is 1.79. The first-order valence-corrected chi connectivity index (χ1v) is 5.83. The monoisotopic (exact) mass is 210 g/mol. The van der Waals surface area contributed by atoms with E-state index in [0.717, 1.165) is 6.26 Å². The zero-order valence-corrected chi connectivity index (χ0v) is 9.35. The van der Waals surface area contributed by atoms with Crippen molar-refractivity contribution in [3.8, 4) is 0 Å². The second-order valence-electron chi connectivity index (χ2n) is 3.83. The van der Waals surface area contributed by atoms with Crippen LogP contribution >= 0.6 is 0 Å². The van der Waals surface area contributed by atoms with E-state index in [1.807, 2.05) is 14.1 Å². The maximum absolute atomic E-state index is 10.7. The Bertz CT molecular complexity index is 246. The van der Waals surface area contributed by atoms with Crippen molar-refractivity contribution in [2.45, 2.75) is 12.5 Å². The Kier molecular flexibility index (Phi) is 4.31. The molecule has 5 nitrogen and oxygen atoms in total. The zero-order chi connectivity index (χ0) is 10.7. The molecule has 0 aliphatic heterocycles. The van der Waals surface area contributed by atoms with E-state index in [4.69, 9.17) is 0 Å². The van der Waals surface area contributed by atoms with Crippen molar-refractivity contribution in [3.63, 3.8) is 0 Å². The molecule has 0 amide bonds. The fourth-order valence-electron chi connectivity index (χ4n) is 1.02. The standard InChI is InChI=1S/C7H18N2O3S/c1-7(10,6-9(2)3)5-8-13(4,11)12/h8,10H,5-6H2,1-4H3. The van der Waals surface area contributed by atoms with E-state index >= 15 is 0 Å². The quantitative estimate of drug-likeness (QED) is 0.601. The van der Waals surface area contributed by atoms with Crippen LogP contribution in [0.3, 0.4) is 0 Å². The molecule has 13 heavy (non-hydrogen) atoms. The van der Waals surface area contributed by atoms with Crippen molar-refractivity contribution in [2.75, 3.05) is 33.4 Å². The van der Waals surface area contributed by atoms with Gasteiger partial charge in [-0.15, -0.1) is 0 Å². The van der Waals surface area contributed by atoms with Gasteiger partial charge >= 0.3 is 0 Å². The van der Waals surface area contributed by atoms with Gasteiger partial charge in [0.1, 0.15) is 0 Å². The highest BCUT2D eigenvalue weighted by atomic mass is 32.2. The van der Waals surface area contributed by atoms with Crippen LogP contribution in [0.4, 0.5) is 0 Å². The van der Waals surface area contributed by atoms with Gasteiger partial charge < -0.3 is 10.0 Å². The van der Waals surface area contributed by atoms with Gasteiger partial charge in [0.05, 0.1) is 11.9 Å². The largest absolute Gasteiger partial charge is 0.387 e. The minimum absolute atomic E-state index is 0.0318. The van der Waals surface area contributed by atoms with E-state index in [1.165, 1.54) is 0 Å². The van der Waals surface area contributed by atoms with Crippen LogP contribution < -0.4 is 4.72 Å². The van der Waals surface area contributed by atoms with Crippen molar-refractivity contribution in [1.82, 2.24) is 9.62 Å². The van der Waals surface area contributed by atoms with E-state index in [2.05, 4.69) is 4.72 Å². The van der Waals surface area contributed by atoms with Crippen LogP contribution in [0.2, 0.25) is 0 Å². The third kappa shape index (κ3) is 8.17. The Labute approximate surface area is 79.8 Å². The molecule has 0 rings (SSSR count). The van der Waals surface area contributed by atoms with Crippen molar-refractivity contribution in [1.29, 1.82) is 0 Å². The maximum Gasteiger partial charge on any atom is 0.208 e. The summed E-state index contributed by atoms with van der Waals surface area (Å²) >= 11 is 0. The Morgan fingerprint density at radius 2 is 1.92 bits per heavy atom. The van der Waals surface area contributed by atoms with Crippen LogP contribution in [0.1, 0.15) is 6.92 Å². The summed E-state index contributed by atoms with van der Waals surface area (Å²) in [4.78, 5) is 1.80. The lowest BCUT2D eigenvalue weighted by atomic mass is 10.1. The van der Waals surface area contributed by atoms with Gasteiger partial charge in [-0.2, -0.15) is 0 Å². The van der Waals surface area contributed by atoms with Crippen molar-refractivity contribution in [3.05, 3.63) is 0 Å². The van der Waals surface area contributed by atoms with Crippen LogP contribution in [-0.4, -0.2) is 57.5 Å². The van der Waals surface area contributed by atoms with Gasteiger partial charge in [-0.05, 0) is 21.0 Å². The summed E-state index contributed by atoms with van der Waals surface area (Å²) in [5.74, 6) is 0. The molecule has 0 aromatic rings. The molecule has 2 N–H and O–H groups in total. The van der Waals surface area contributed by atoms with Crippen LogP contribution in [0.25, 0.3) is 0 Å². The molecule has 80 valence electrons. The number of likely N-dealkylation sites (N-methyl/N-ethyl adjacent to an activating group) is 1. The minimum Gasteiger partial charge on any atom is -0.387 e. The molecule has 0 bridgehead atoms. The van der Waals surface area contributed by atoms with Crippen LogP contribution in [0.5, 0.6) is 0 Å². The highest BCUT2D eigenvalue weighted by molar-refractivity contribution is 7.88. The molecule has 0 fully saturated rings. The summed E-state index contributed by atoms with van der Waals surface area (Å²) in [5, 5.41) is 9.68. The third-order valence-corrected chi connectivity index (χ3v) is 2.04. The fraction of sp³-hybridized carbons (Fsp3) is 1.00. The van der Waals surface area contributed by atoms with E-state index in [9.17, 15) is 13.5 Å². The van der Waals surface area contributed by atoms with Crippen molar-refractivity contribution >= 4 is 10.0 Å². The molecule has 0 saturated heterocycles. The summed E-state index contributed by atoms with van der Waals surface area (Å²) in [6, 6.07) is 0. The first kappa shape index (κ1) is 12.8. The molecule has 0 spiro atoms. The van der Waals surface area contributed by atoms with Crippen LogP contribution in [0.15, 0.2) is 0 Å². The second kappa shape index (κ2) is 4.36. The fourth-order valence-corrected chi connectivity index (χ4v) is 1.60. The smallest absolute Gasteiger partial charge is 0.208 e. The topological polar surface area (TPSA) is 69.6 Å². The number of nitrogens with zero attached hydrogens (tertiary/aromatic N) is 1. The number of hydrogen-bond acceptors (Lipinski definition) is 4. The number of hydrogen-bond donors (Lipinski definition) is 2. The van der Waals surface area contributed by atoms with E-state index < -0.39 is 15.6 Å². The van der Waals surface area contributed by atoms with Crippen molar-refractivity contribution in [2.24, 2.45) is 0 Å². The highest BCUT2D eigenvalue weighted by Gasteiger charge is 2.22. The lowest BCUT2D eigenvalue weighted by molar-refractivity contribution is 0.0386. The Hall–Kier alpha value is -0.170. The molecule has 0 aromatic carbocycles. The van der Waals surface area contributed by atoms with E-state index in [1.54, 1.807) is 11.8 Å². The normalized spacial score (nSPS) is 17.4. The third-order valence-electron chi connectivity index (χ3n) is 1.37. The van der Waals surface area contributed by atoms with Gasteiger partial charge in [-0.25, -0.2) is 13.1 Å². The molecule has 0 aliphatic rings.